The van der Waals surface area contributed by atoms with Gasteiger partial charge in [-0.15, -0.1) is 0 Å². The van der Waals surface area contributed by atoms with Crippen LogP contribution in [0.25, 0.3) is 0 Å². The third-order valence-corrected chi connectivity index (χ3v) is 2.67. The minimum atomic E-state index is -0.123. The van der Waals surface area contributed by atoms with Crippen molar-refractivity contribution < 1.29 is 0 Å². The Morgan fingerprint density at radius 2 is 2.22 bits per heavy atom. The molecule has 5 nitrogen and oxygen atoms in total. The predicted octanol–water partition coefficient (Wildman–Crippen LogP) is 1.15. The molecule has 5 heteroatoms. The molecular formula is C13H16N4O. The first kappa shape index (κ1) is 12.3. The highest BCUT2D eigenvalue weighted by molar-refractivity contribution is 5.36. The zero-order chi connectivity index (χ0) is 13.0. The van der Waals surface area contributed by atoms with Gasteiger partial charge >= 0.3 is 0 Å². The lowest BCUT2D eigenvalue weighted by molar-refractivity contribution is 0.827. The molecule has 0 aliphatic carbocycles. The molecule has 0 bridgehead atoms. The number of hydrogen-bond acceptors (Lipinski definition) is 4. The van der Waals surface area contributed by atoms with Crippen LogP contribution >= 0.6 is 0 Å². The fourth-order valence-corrected chi connectivity index (χ4v) is 1.70. The van der Waals surface area contributed by atoms with Crippen molar-refractivity contribution in [3.05, 3.63) is 52.3 Å². The van der Waals surface area contributed by atoms with Crippen molar-refractivity contribution in [3.8, 4) is 0 Å². The van der Waals surface area contributed by atoms with Gasteiger partial charge in [0.15, 0.2) is 0 Å². The smallest absolute Gasteiger partial charge is 0.252 e. The van der Waals surface area contributed by atoms with E-state index < -0.39 is 0 Å². The SMILES string of the molecule is Cc1nc(N(C)CCc2ccccn2)cc(=O)[nH]1. The summed E-state index contributed by atoms with van der Waals surface area (Å²) in [4.78, 5) is 24.5. The number of anilines is 1. The van der Waals surface area contributed by atoms with Crippen LogP contribution < -0.4 is 10.5 Å². The topological polar surface area (TPSA) is 61.9 Å². The maximum absolute atomic E-state index is 11.4. The summed E-state index contributed by atoms with van der Waals surface area (Å²) in [5, 5.41) is 0. The molecule has 2 rings (SSSR count). The second-order valence-corrected chi connectivity index (χ2v) is 4.18. The summed E-state index contributed by atoms with van der Waals surface area (Å²) < 4.78 is 0. The second kappa shape index (κ2) is 5.44. The lowest BCUT2D eigenvalue weighted by Gasteiger charge is -2.17. The molecule has 0 radical (unpaired) electrons. The van der Waals surface area contributed by atoms with E-state index in [1.165, 1.54) is 6.07 Å². The number of nitrogens with one attached hydrogen (secondary N) is 1. The monoisotopic (exact) mass is 244 g/mol. The fraction of sp³-hybridized carbons (Fsp3) is 0.308. The van der Waals surface area contributed by atoms with E-state index in [-0.39, 0.29) is 5.56 Å². The van der Waals surface area contributed by atoms with Gasteiger partial charge in [-0.25, -0.2) is 4.98 Å². The van der Waals surface area contributed by atoms with Crippen LogP contribution in [0.3, 0.4) is 0 Å². The van der Waals surface area contributed by atoms with Crippen molar-refractivity contribution >= 4 is 5.82 Å². The average Bonchev–Trinajstić information content (AvgIpc) is 2.36. The van der Waals surface area contributed by atoms with E-state index in [4.69, 9.17) is 0 Å². The Morgan fingerprint density at radius 1 is 1.39 bits per heavy atom. The third-order valence-electron chi connectivity index (χ3n) is 2.67. The van der Waals surface area contributed by atoms with E-state index >= 15 is 0 Å². The summed E-state index contributed by atoms with van der Waals surface area (Å²) in [6, 6.07) is 7.36. The van der Waals surface area contributed by atoms with E-state index in [0.717, 1.165) is 18.7 Å². The van der Waals surface area contributed by atoms with Gasteiger partial charge in [0.2, 0.25) is 0 Å². The van der Waals surface area contributed by atoms with Crippen molar-refractivity contribution in [2.24, 2.45) is 0 Å². The van der Waals surface area contributed by atoms with Crippen LogP contribution in [0.2, 0.25) is 0 Å². The zero-order valence-electron chi connectivity index (χ0n) is 10.6. The largest absolute Gasteiger partial charge is 0.359 e. The summed E-state index contributed by atoms with van der Waals surface area (Å²) in [6.07, 6.45) is 2.61. The van der Waals surface area contributed by atoms with Crippen LogP contribution in [0, 0.1) is 6.92 Å². The molecule has 0 saturated heterocycles. The van der Waals surface area contributed by atoms with Crippen molar-refractivity contribution in [3.63, 3.8) is 0 Å². The molecule has 2 aromatic rings. The minimum Gasteiger partial charge on any atom is -0.359 e. The zero-order valence-corrected chi connectivity index (χ0v) is 10.6. The Hall–Kier alpha value is -2.17. The molecular weight excluding hydrogens is 228 g/mol. The molecule has 94 valence electrons. The Bertz CT molecular complexity index is 565. The molecule has 0 aliphatic rings. The third kappa shape index (κ3) is 3.16. The molecule has 0 atom stereocenters. The molecule has 1 N–H and O–H groups in total. The number of nitrogens with zero attached hydrogens (tertiary/aromatic N) is 3. The Labute approximate surface area is 106 Å². The fourth-order valence-electron chi connectivity index (χ4n) is 1.70. The first-order valence-electron chi connectivity index (χ1n) is 5.84. The standard InChI is InChI=1S/C13H16N4O/c1-10-15-12(9-13(18)16-10)17(2)8-6-11-5-3-4-7-14-11/h3-5,7,9H,6,8H2,1-2H3,(H,15,16,18). The van der Waals surface area contributed by atoms with E-state index in [1.54, 1.807) is 13.1 Å². The first-order valence-corrected chi connectivity index (χ1v) is 5.84. The Morgan fingerprint density at radius 3 is 2.89 bits per heavy atom. The molecule has 18 heavy (non-hydrogen) atoms. The second-order valence-electron chi connectivity index (χ2n) is 4.18. The highest BCUT2D eigenvalue weighted by Gasteiger charge is 2.05. The Balaban J connectivity index is 2.03. The number of H-pyrrole nitrogens is 1. The van der Waals surface area contributed by atoms with Crippen LogP contribution in [-0.2, 0) is 6.42 Å². The van der Waals surface area contributed by atoms with Crippen molar-refractivity contribution in [1.29, 1.82) is 0 Å². The van der Waals surface area contributed by atoms with Crippen LogP contribution in [0.5, 0.6) is 0 Å². The lowest BCUT2D eigenvalue weighted by atomic mass is 10.2. The molecule has 2 heterocycles. The quantitative estimate of drug-likeness (QED) is 0.876. The normalized spacial score (nSPS) is 10.3. The number of pyridine rings is 1. The average molecular weight is 244 g/mol. The lowest BCUT2D eigenvalue weighted by Crippen LogP contribution is -2.24. The van der Waals surface area contributed by atoms with E-state index in [9.17, 15) is 4.79 Å². The number of aryl methyl sites for hydroxylation is 1. The molecule has 0 aliphatic heterocycles. The molecule has 0 aromatic carbocycles. The molecule has 2 aromatic heterocycles. The van der Waals surface area contributed by atoms with Gasteiger partial charge in [-0.1, -0.05) is 6.07 Å². The number of likely N-dealkylation sites (N-methyl/N-ethyl adjacent to an activating group) is 1. The molecule has 0 spiro atoms. The summed E-state index contributed by atoms with van der Waals surface area (Å²) in [7, 11) is 1.92. The van der Waals surface area contributed by atoms with Gasteiger partial charge in [0.1, 0.15) is 11.6 Å². The number of aromatic amines is 1. The van der Waals surface area contributed by atoms with Gasteiger partial charge in [0, 0.05) is 38.0 Å². The van der Waals surface area contributed by atoms with Crippen molar-refractivity contribution in [2.75, 3.05) is 18.5 Å². The van der Waals surface area contributed by atoms with E-state index in [2.05, 4.69) is 15.0 Å². The van der Waals surface area contributed by atoms with Gasteiger partial charge in [-0.3, -0.25) is 9.78 Å². The van der Waals surface area contributed by atoms with Gasteiger partial charge < -0.3 is 9.88 Å². The van der Waals surface area contributed by atoms with Crippen LogP contribution in [0.4, 0.5) is 5.82 Å². The summed E-state index contributed by atoms with van der Waals surface area (Å²) in [5.74, 6) is 1.31. The van der Waals surface area contributed by atoms with Gasteiger partial charge in [0.05, 0.1) is 0 Å². The molecule has 0 saturated carbocycles. The number of aromatic nitrogens is 3. The summed E-state index contributed by atoms with van der Waals surface area (Å²) in [6.45, 7) is 2.55. The highest BCUT2D eigenvalue weighted by Crippen LogP contribution is 2.06. The first-order chi connectivity index (χ1) is 8.65. The van der Waals surface area contributed by atoms with E-state index in [0.29, 0.717) is 11.6 Å². The number of hydrogen-bond donors (Lipinski definition) is 1. The number of rotatable bonds is 4. The van der Waals surface area contributed by atoms with Crippen LogP contribution in [0.15, 0.2) is 35.3 Å². The van der Waals surface area contributed by atoms with E-state index in [1.807, 2.05) is 30.1 Å². The van der Waals surface area contributed by atoms with Gasteiger partial charge in [0.25, 0.3) is 5.56 Å². The van der Waals surface area contributed by atoms with Crippen LogP contribution in [0.1, 0.15) is 11.5 Å². The van der Waals surface area contributed by atoms with Crippen LogP contribution in [-0.4, -0.2) is 28.5 Å². The maximum atomic E-state index is 11.4. The van der Waals surface area contributed by atoms with Gasteiger partial charge in [-0.2, -0.15) is 0 Å². The highest BCUT2D eigenvalue weighted by atomic mass is 16.1. The summed E-state index contributed by atoms with van der Waals surface area (Å²) >= 11 is 0. The molecule has 0 unspecified atom stereocenters. The maximum Gasteiger partial charge on any atom is 0.252 e. The summed E-state index contributed by atoms with van der Waals surface area (Å²) in [5.41, 5.74) is 0.910. The van der Waals surface area contributed by atoms with Gasteiger partial charge in [-0.05, 0) is 19.1 Å². The molecule has 0 fully saturated rings. The molecule has 0 amide bonds. The van der Waals surface area contributed by atoms with Crippen molar-refractivity contribution in [2.45, 2.75) is 13.3 Å². The minimum absolute atomic E-state index is 0.123. The Kier molecular flexibility index (Phi) is 3.72. The predicted molar refractivity (Wildman–Crippen MR) is 70.8 cm³/mol. The van der Waals surface area contributed by atoms with Crippen molar-refractivity contribution in [1.82, 2.24) is 15.0 Å².